The van der Waals surface area contributed by atoms with E-state index in [-0.39, 0.29) is 5.41 Å². The molecule has 1 aliphatic heterocycles. The molecule has 1 aliphatic carbocycles. The van der Waals surface area contributed by atoms with Gasteiger partial charge in [0.25, 0.3) is 0 Å². The highest BCUT2D eigenvalue weighted by Crippen LogP contribution is 2.40. The molecule has 0 aromatic carbocycles. The molecule has 0 atom stereocenters. The summed E-state index contributed by atoms with van der Waals surface area (Å²) in [7, 11) is 0. The topological polar surface area (TPSA) is 45.0 Å². The first-order valence-electron chi connectivity index (χ1n) is 7.28. The fourth-order valence-electron chi connectivity index (χ4n) is 3.18. The molecule has 0 amide bonds. The number of hydrogen-bond acceptors (Lipinski definition) is 3. The maximum atomic E-state index is 9.21. The zero-order chi connectivity index (χ0) is 13.1. The highest BCUT2D eigenvalue weighted by molar-refractivity contribution is 5.06. The Bertz CT molecular complexity index is 309. The Morgan fingerprint density at radius 3 is 2.50 bits per heavy atom. The van der Waals surface area contributed by atoms with Crippen molar-refractivity contribution in [2.75, 3.05) is 26.3 Å². The standard InChI is InChI=1S/C15H26N2O/c1-14(2,13-4-8-18-9-5-13)11-17-12-15(10-16)6-3-7-15/h13,17H,3-9,11-12H2,1-2H3. The number of nitrogens with zero attached hydrogens (tertiary/aromatic N) is 1. The molecule has 2 aliphatic rings. The first-order valence-corrected chi connectivity index (χ1v) is 7.28. The van der Waals surface area contributed by atoms with Gasteiger partial charge in [-0.3, -0.25) is 0 Å². The molecule has 0 aromatic rings. The van der Waals surface area contributed by atoms with E-state index in [1.165, 1.54) is 19.3 Å². The van der Waals surface area contributed by atoms with Crippen LogP contribution in [0.15, 0.2) is 0 Å². The van der Waals surface area contributed by atoms with E-state index in [1.807, 2.05) is 0 Å². The van der Waals surface area contributed by atoms with Gasteiger partial charge in [0, 0.05) is 26.3 Å². The second-order valence-electron chi connectivity index (χ2n) is 6.72. The van der Waals surface area contributed by atoms with Crippen LogP contribution in [0.25, 0.3) is 0 Å². The lowest BCUT2D eigenvalue weighted by atomic mass is 9.69. The van der Waals surface area contributed by atoms with Crippen molar-refractivity contribution in [3.63, 3.8) is 0 Å². The van der Waals surface area contributed by atoms with Crippen molar-refractivity contribution in [1.29, 1.82) is 5.26 Å². The van der Waals surface area contributed by atoms with Crippen LogP contribution in [0.3, 0.4) is 0 Å². The third-order valence-electron chi connectivity index (χ3n) is 4.92. The van der Waals surface area contributed by atoms with E-state index >= 15 is 0 Å². The fourth-order valence-corrected chi connectivity index (χ4v) is 3.18. The minimum absolute atomic E-state index is 0.0498. The minimum Gasteiger partial charge on any atom is -0.381 e. The molecular formula is C15H26N2O. The summed E-state index contributed by atoms with van der Waals surface area (Å²) in [6.07, 6.45) is 5.73. The first-order chi connectivity index (χ1) is 8.58. The van der Waals surface area contributed by atoms with E-state index in [4.69, 9.17) is 4.74 Å². The van der Waals surface area contributed by atoms with E-state index in [0.717, 1.165) is 45.1 Å². The average molecular weight is 250 g/mol. The van der Waals surface area contributed by atoms with Crippen molar-refractivity contribution >= 4 is 0 Å². The smallest absolute Gasteiger partial charge is 0.0703 e. The molecular weight excluding hydrogens is 224 g/mol. The van der Waals surface area contributed by atoms with Gasteiger partial charge in [-0.15, -0.1) is 0 Å². The highest BCUT2D eigenvalue weighted by Gasteiger charge is 2.38. The highest BCUT2D eigenvalue weighted by atomic mass is 16.5. The lowest BCUT2D eigenvalue weighted by molar-refractivity contribution is 0.0216. The van der Waals surface area contributed by atoms with Gasteiger partial charge in [-0.25, -0.2) is 0 Å². The lowest BCUT2D eigenvalue weighted by Crippen LogP contribution is -2.44. The van der Waals surface area contributed by atoms with E-state index in [9.17, 15) is 5.26 Å². The van der Waals surface area contributed by atoms with Crippen molar-refractivity contribution in [1.82, 2.24) is 5.32 Å². The van der Waals surface area contributed by atoms with Crippen LogP contribution < -0.4 is 5.32 Å². The Morgan fingerprint density at radius 2 is 2.00 bits per heavy atom. The van der Waals surface area contributed by atoms with Crippen molar-refractivity contribution < 1.29 is 4.74 Å². The summed E-state index contributed by atoms with van der Waals surface area (Å²) >= 11 is 0. The van der Waals surface area contributed by atoms with Gasteiger partial charge in [-0.2, -0.15) is 5.26 Å². The third-order valence-corrected chi connectivity index (χ3v) is 4.92. The van der Waals surface area contributed by atoms with Crippen molar-refractivity contribution in [3.8, 4) is 6.07 Å². The molecule has 0 aromatic heterocycles. The van der Waals surface area contributed by atoms with Crippen LogP contribution in [-0.4, -0.2) is 26.3 Å². The molecule has 102 valence electrons. The number of rotatable bonds is 5. The molecule has 1 saturated heterocycles. The third kappa shape index (κ3) is 3.05. The van der Waals surface area contributed by atoms with Gasteiger partial charge < -0.3 is 10.1 Å². The van der Waals surface area contributed by atoms with Gasteiger partial charge in [-0.05, 0) is 37.0 Å². The molecule has 0 bridgehead atoms. The Labute approximate surface area is 111 Å². The van der Waals surface area contributed by atoms with E-state index in [2.05, 4.69) is 25.2 Å². The van der Waals surface area contributed by atoms with Crippen LogP contribution in [-0.2, 0) is 4.74 Å². The summed E-state index contributed by atoms with van der Waals surface area (Å²) in [5, 5.41) is 12.8. The van der Waals surface area contributed by atoms with Gasteiger partial charge in [0.05, 0.1) is 11.5 Å². The molecule has 1 heterocycles. The van der Waals surface area contributed by atoms with Gasteiger partial charge in [0.15, 0.2) is 0 Å². The minimum atomic E-state index is -0.0498. The first kappa shape index (κ1) is 13.8. The van der Waals surface area contributed by atoms with Crippen LogP contribution in [0.4, 0.5) is 0 Å². The second kappa shape index (κ2) is 5.59. The molecule has 2 rings (SSSR count). The molecule has 0 spiro atoms. The molecule has 2 fully saturated rings. The Kier molecular flexibility index (Phi) is 4.29. The SMILES string of the molecule is CC(C)(CNCC1(C#N)CCC1)C1CCOCC1. The molecule has 1 N–H and O–H groups in total. The summed E-state index contributed by atoms with van der Waals surface area (Å²) in [5.41, 5.74) is 0.260. The van der Waals surface area contributed by atoms with Crippen molar-refractivity contribution in [2.24, 2.45) is 16.7 Å². The number of nitrogens with one attached hydrogen (secondary N) is 1. The largest absolute Gasteiger partial charge is 0.381 e. The Morgan fingerprint density at radius 1 is 1.33 bits per heavy atom. The van der Waals surface area contributed by atoms with E-state index < -0.39 is 0 Å². The monoisotopic (exact) mass is 250 g/mol. The molecule has 3 nitrogen and oxygen atoms in total. The van der Waals surface area contributed by atoms with Crippen LogP contribution in [0.2, 0.25) is 0 Å². The molecule has 3 heteroatoms. The number of nitriles is 1. The summed E-state index contributed by atoms with van der Waals surface area (Å²) in [6, 6.07) is 2.50. The second-order valence-corrected chi connectivity index (χ2v) is 6.72. The number of ether oxygens (including phenoxy) is 1. The van der Waals surface area contributed by atoms with Crippen molar-refractivity contribution in [3.05, 3.63) is 0 Å². The maximum absolute atomic E-state index is 9.21. The van der Waals surface area contributed by atoms with Crippen LogP contribution in [0.5, 0.6) is 0 Å². The predicted molar refractivity (Wildman–Crippen MR) is 72.1 cm³/mol. The molecule has 1 saturated carbocycles. The molecule has 0 unspecified atom stereocenters. The average Bonchev–Trinajstić information content (AvgIpc) is 2.34. The van der Waals surface area contributed by atoms with E-state index in [0.29, 0.717) is 5.41 Å². The van der Waals surface area contributed by atoms with Crippen LogP contribution >= 0.6 is 0 Å². The fraction of sp³-hybridized carbons (Fsp3) is 0.933. The Hall–Kier alpha value is -0.590. The normalized spacial score (nSPS) is 24.3. The maximum Gasteiger partial charge on any atom is 0.0703 e. The summed E-state index contributed by atoms with van der Waals surface area (Å²) in [4.78, 5) is 0. The summed E-state index contributed by atoms with van der Waals surface area (Å²) < 4.78 is 5.43. The van der Waals surface area contributed by atoms with E-state index in [1.54, 1.807) is 0 Å². The predicted octanol–water partition coefficient (Wildman–Crippen LogP) is 2.72. The zero-order valence-electron chi connectivity index (χ0n) is 11.8. The van der Waals surface area contributed by atoms with Gasteiger partial charge in [-0.1, -0.05) is 20.3 Å². The zero-order valence-corrected chi connectivity index (χ0v) is 11.8. The quantitative estimate of drug-likeness (QED) is 0.816. The number of hydrogen-bond donors (Lipinski definition) is 1. The van der Waals surface area contributed by atoms with Gasteiger partial charge in [0.1, 0.15) is 0 Å². The summed E-state index contributed by atoms with van der Waals surface area (Å²) in [6.45, 7) is 8.40. The summed E-state index contributed by atoms with van der Waals surface area (Å²) in [5.74, 6) is 0.748. The lowest BCUT2D eigenvalue weighted by Gasteiger charge is -2.40. The Balaban J connectivity index is 1.76. The molecule has 18 heavy (non-hydrogen) atoms. The van der Waals surface area contributed by atoms with Crippen LogP contribution in [0.1, 0.15) is 46.0 Å². The molecule has 0 radical (unpaired) electrons. The van der Waals surface area contributed by atoms with Crippen LogP contribution in [0, 0.1) is 28.1 Å². The van der Waals surface area contributed by atoms with Gasteiger partial charge in [0.2, 0.25) is 0 Å². The van der Waals surface area contributed by atoms with Crippen molar-refractivity contribution in [2.45, 2.75) is 46.0 Å². The van der Waals surface area contributed by atoms with Gasteiger partial charge >= 0.3 is 0 Å².